The fourth-order valence-electron chi connectivity index (χ4n) is 2.50. The van der Waals surface area contributed by atoms with Crippen LogP contribution in [0.3, 0.4) is 0 Å². The van der Waals surface area contributed by atoms with Gasteiger partial charge in [-0.15, -0.1) is 10.2 Å². The van der Waals surface area contributed by atoms with Gasteiger partial charge in [0.15, 0.2) is 5.82 Å². The molecule has 1 amide bonds. The molecule has 2 aliphatic carbocycles. The molecule has 2 fully saturated rings. The molecule has 0 saturated heterocycles. The second kappa shape index (κ2) is 5.88. The second-order valence-electron chi connectivity index (χ2n) is 6.18. The van der Waals surface area contributed by atoms with Crippen molar-refractivity contribution in [3.05, 3.63) is 41.7 Å². The first kappa shape index (κ1) is 14.6. The molecular formula is C16H19N5OS. The number of hydrogen-bond donors (Lipinski definition) is 2. The second-order valence-corrected chi connectivity index (χ2v) is 7.25. The zero-order chi connectivity index (χ0) is 15.8. The molecule has 0 bridgehead atoms. The predicted molar refractivity (Wildman–Crippen MR) is 88.4 cm³/mol. The van der Waals surface area contributed by atoms with Gasteiger partial charge in [-0.2, -0.15) is 0 Å². The highest BCUT2D eigenvalue weighted by atomic mass is 32.2. The molecular weight excluding hydrogens is 310 g/mol. The zero-order valence-electron chi connectivity index (χ0n) is 12.7. The summed E-state index contributed by atoms with van der Waals surface area (Å²) in [7, 11) is 0. The van der Waals surface area contributed by atoms with Crippen molar-refractivity contribution in [1.82, 2.24) is 20.2 Å². The van der Waals surface area contributed by atoms with Gasteiger partial charge in [-0.05, 0) is 31.2 Å². The normalized spacial score (nSPS) is 18.6. The lowest BCUT2D eigenvalue weighted by Gasteiger charge is -2.16. The molecule has 7 heteroatoms. The van der Waals surface area contributed by atoms with Crippen LogP contribution in [0.25, 0.3) is 0 Å². The molecule has 1 atom stereocenters. The Balaban J connectivity index is 1.58. The van der Waals surface area contributed by atoms with Crippen molar-refractivity contribution >= 4 is 17.7 Å². The van der Waals surface area contributed by atoms with Crippen LogP contribution < -0.4 is 11.2 Å². The first-order valence-corrected chi connectivity index (χ1v) is 8.82. The van der Waals surface area contributed by atoms with Crippen molar-refractivity contribution in [1.29, 1.82) is 0 Å². The Morgan fingerprint density at radius 3 is 2.61 bits per heavy atom. The van der Waals surface area contributed by atoms with Crippen molar-refractivity contribution in [2.24, 2.45) is 0 Å². The molecule has 23 heavy (non-hydrogen) atoms. The Kier molecular flexibility index (Phi) is 3.72. The number of rotatable bonds is 6. The van der Waals surface area contributed by atoms with Gasteiger partial charge < -0.3 is 11.2 Å². The number of nitrogen functional groups attached to an aromatic ring is 1. The van der Waals surface area contributed by atoms with Gasteiger partial charge in [-0.25, -0.2) is 4.68 Å². The van der Waals surface area contributed by atoms with Crippen LogP contribution in [0.2, 0.25) is 0 Å². The van der Waals surface area contributed by atoms with Crippen LogP contribution >= 0.6 is 11.8 Å². The Morgan fingerprint density at radius 2 is 1.96 bits per heavy atom. The van der Waals surface area contributed by atoms with Gasteiger partial charge >= 0.3 is 0 Å². The summed E-state index contributed by atoms with van der Waals surface area (Å²) in [5.41, 5.74) is 0.951. The largest absolute Gasteiger partial charge is 0.352 e. The molecule has 1 aromatic carbocycles. The summed E-state index contributed by atoms with van der Waals surface area (Å²) in [4.78, 5) is 12.6. The highest BCUT2D eigenvalue weighted by molar-refractivity contribution is 8.00. The van der Waals surface area contributed by atoms with E-state index in [9.17, 15) is 4.79 Å². The SMILES string of the molecule is Nn1c(S[C@H](C(=O)NC2CC2)c2ccccc2)nnc1C1CC1. The minimum Gasteiger partial charge on any atom is -0.352 e. The topological polar surface area (TPSA) is 85.8 Å². The van der Waals surface area contributed by atoms with Crippen molar-refractivity contribution in [2.75, 3.05) is 5.84 Å². The lowest BCUT2D eigenvalue weighted by atomic mass is 10.1. The fourth-order valence-corrected chi connectivity index (χ4v) is 3.47. The van der Waals surface area contributed by atoms with Gasteiger partial charge in [-0.3, -0.25) is 4.79 Å². The molecule has 2 aliphatic rings. The number of aromatic nitrogens is 3. The summed E-state index contributed by atoms with van der Waals surface area (Å²) in [5, 5.41) is 11.7. The molecule has 2 aromatic rings. The lowest BCUT2D eigenvalue weighted by molar-refractivity contribution is -0.120. The van der Waals surface area contributed by atoms with Crippen LogP contribution in [0, 0.1) is 0 Å². The smallest absolute Gasteiger partial charge is 0.238 e. The van der Waals surface area contributed by atoms with E-state index in [1.54, 1.807) is 4.68 Å². The van der Waals surface area contributed by atoms with Crippen LogP contribution in [0.1, 0.15) is 48.2 Å². The number of amides is 1. The summed E-state index contributed by atoms with van der Waals surface area (Å²) in [6.45, 7) is 0. The summed E-state index contributed by atoms with van der Waals surface area (Å²) in [6.07, 6.45) is 4.36. The number of hydrogen-bond acceptors (Lipinski definition) is 5. The number of carbonyl (C=O) groups is 1. The first-order valence-electron chi connectivity index (χ1n) is 7.94. The van der Waals surface area contributed by atoms with Crippen LogP contribution in [0.4, 0.5) is 0 Å². The highest BCUT2D eigenvalue weighted by Crippen LogP contribution is 2.41. The summed E-state index contributed by atoms with van der Waals surface area (Å²) in [6, 6.07) is 10.1. The Hall–Kier alpha value is -2.02. The molecule has 1 heterocycles. The first-order chi connectivity index (χ1) is 11.2. The van der Waals surface area contributed by atoms with E-state index in [1.807, 2.05) is 30.3 Å². The van der Waals surface area contributed by atoms with E-state index in [4.69, 9.17) is 5.84 Å². The number of thioether (sulfide) groups is 1. The van der Waals surface area contributed by atoms with Crippen molar-refractivity contribution in [2.45, 2.75) is 48.0 Å². The third-order valence-electron chi connectivity index (χ3n) is 4.12. The Morgan fingerprint density at radius 1 is 1.22 bits per heavy atom. The molecule has 0 radical (unpaired) electrons. The van der Waals surface area contributed by atoms with Gasteiger partial charge in [0.2, 0.25) is 11.1 Å². The van der Waals surface area contributed by atoms with E-state index in [0.29, 0.717) is 17.1 Å². The average molecular weight is 329 g/mol. The number of nitrogens with one attached hydrogen (secondary N) is 1. The van der Waals surface area contributed by atoms with Gasteiger partial charge in [0.25, 0.3) is 0 Å². The maximum Gasteiger partial charge on any atom is 0.238 e. The Bertz CT molecular complexity index is 709. The maximum atomic E-state index is 12.6. The summed E-state index contributed by atoms with van der Waals surface area (Å²) in [5.74, 6) is 7.39. The maximum absolute atomic E-state index is 12.6. The van der Waals surface area contributed by atoms with Gasteiger partial charge in [0.1, 0.15) is 5.25 Å². The average Bonchev–Trinajstić information content (AvgIpc) is 3.48. The van der Waals surface area contributed by atoms with Crippen molar-refractivity contribution < 1.29 is 4.79 Å². The number of carbonyl (C=O) groups excluding carboxylic acids is 1. The molecule has 6 nitrogen and oxygen atoms in total. The molecule has 0 unspecified atom stereocenters. The van der Waals surface area contributed by atoms with E-state index in [1.165, 1.54) is 11.8 Å². The molecule has 1 aromatic heterocycles. The van der Waals surface area contributed by atoms with E-state index >= 15 is 0 Å². The number of nitrogens with two attached hydrogens (primary N) is 1. The molecule has 4 rings (SSSR count). The minimum absolute atomic E-state index is 0.0136. The van der Waals surface area contributed by atoms with E-state index < -0.39 is 0 Å². The minimum atomic E-state index is -0.365. The van der Waals surface area contributed by atoms with Gasteiger partial charge in [0, 0.05) is 12.0 Å². The van der Waals surface area contributed by atoms with Crippen molar-refractivity contribution in [3.8, 4) is 0 Å². The van der Waals surface area contributed by atoms with Crippen LogP contribution in [0.15, 0.2) is 35.5 Å². The van der Waals surface area contributed by atoms with Crippen LogP contribution in [-0.4, -0.2) is 26.8 Å². The zero-order valence-corrected chi connectivity index (χ0v) is 13.5. The Labute approximate surface area is 138 Å². The fraction of sp³-hybridized carbons (Fsp3) is 0.438. The third kappa shape index (κ3) is 3.19. The van der Waals surface area contributed by atoms with Crippen molar-refractivity contribution in [3.63, 3.8) is 0 Å². The predicted octanol–water partition coefficient (Wildman–Crippen LogP) is 1.98. The van der Waals surface area contributed by atoms with Crippen LogP contribution in [0.5, 0.6) is 0 Å². The number of benzene rings is 1. The molecule has 120 valence electrons. The molecule has 0 aliphatic heterocycles. The van der Waals surface area contributed by atoms with Gasteiger partial charge in [0.05, 0.1) is 0 Å². The van der Waals surface area contributed by atoms with E-state index in [-0.39, 0.29) is 11.2 Å². The molecule has 0 spiro atoms. The highest BCUT2D eigenvalue weighted by Gasteiger charge is 2.33. The van der Waals surface area contributed by atoms with Crippen LogP contribution in [-0.2, 0) is 4.79 Å². The lowest BCUT2D eigenvalue weighted by Crippen LogP contribution is -2.30. The van der Waals surface area contributed by atoms with E-state index in [0.717, 1.165) is 37.1 Å². The standard InChI is InChI=1S/C16H19N5OS/c17-21-14(11-6-7-11)19-20-16(21)23-13(10-4-2-1-3-5-10)15(22)18-12-8-9-12/h1-5,11-13H,6-9,17H2,(H,18,22)/t13-/m0/s1. The van der Waals surface area contributed by atoms with E-state index in [2.05, 4.69) is 15.5 Å². The quantitative estimate of drug-likeness (QED) is 0.625. The van der Waals surface area contributed by atoms with Gasteiger partial charge in [-0.1, -0.05) is 42.1 Å². The summed E-state index contributed by atoms with van der Waals surface area (Å²) < 4.78 is 1.54. The molecule has 3 N–H and O–H groups in total. The summed E-state index contributed by atoms with van der Waals surface area (Å²) >= 11 is 1.36. The number of nitrogens with zero attached hydrogens (tertiary/aromatic N) is 3. The monoisotopic (exact) mass is 329 g/mol. The third-order valence-corrected chi connectivity index (χ3v) is 5.33. The molecule has 2 saturated carbocycles.